The fraction of sp³-hybridized carbons (Fsp3) is 0.406. The van der Waals surface area contributed by atoms with E-state index in [4.69, 9.17) is 4.99 Å². The van der Waals surface area contributed by atoms with Gasteiger partial charge in [-0.1, -0.05) is 30.3 Å². The second-order valence-electron chi connectivity index (χ2n) is 11.5. The van der Waals surface area contributed by atoms with Gasteiger partial charge in [0.2, 0.25) is 0 Å². The molecule has 0 saturated carbocycles. The summed E-state index contributed by atoms with van der Waals surface area (Å²) < 4.78 is 2.21. The van der Waals surface area contributed by atoms with E-state index in [9.17, 15) is 0 Å². The summed E-state index contributed by atoms with van der Waals surface area (Å²) in [7, 11) is 0. The molecular weight excluding hydrogens is 514 g/mol. The number of aromatic nitrogens is 3. The van der Waals surface area contributed by atoms with Crippen LogP contribution in [0.4, 0.5) is 11.4 Å². The molecule has 0 spiro atoms. The van der Waals surface area contributed by atoms with Gasteiger partial charge in [0.15, 0.2) is 5.82 Å². The Morgan fingerprint density at radius 3 is 2.25 bits per heavy atom. The largest absolute Gasteiger partial charge is 0.371 e. The van der Waals surface area contributed by atoms with Crippen molar-refractivity contribution < 1.29 is 0 Å². The van der Waals surface area contributed by atoms with Crippen LogP contribution in [0.5, 0.6) is 0 Å². The molecule has 3 aliphatic heterocycles. The third-order valence-electron chi connectivity index (χ3n) is 8.83. The zero-order chi connectivity index (χ0) is 27.4. The summed E-state index contributed by atoms with van der Waals surface area (Å²) in [6.45, 7) is 16.5. The number of nitrogens with zero attached hydrogens (tertiary/aromatic N) is 7. The maximum atomic E-state index is 5.21. The predicted octanol–water partition coefficient (Wildman–Crippen LogP) is 5.42. The number of benzene rings is 2. The van der Waals surface area contributed by atoms with Crippen LogP contribution >= 0.6 is 11.3 Å². The third-order valence-corrected chi connectivity index (χ3v) is 10.0. The Balaban J connectivity index is 1.02. The van der Waals surface area contributed by atoms with Crippen molar-refractivity contribution in [2.24, 2.45) is 10.9 Å². The van der Waals surface area contributed by atoms with E-state index in [0.29, 0.717) is 0 Å². The van der Waals surface area contributed by atoms with Crippen LogP contribution in [0.2, 0.25) is 0 Å². The lowest BCUT2D eigenvalue weighted by Crippen LogP contribution is -2.55. The average Bonchev–Trinajstić information content (AvgIpc) is 3.44. The van der Waals surface area contributed by atoms with E-state index in [2.05, 4.69) is 105 Å². The van der Waals surface area contributed by atoms with Crippen LogP contribution in [0.15, 0.2) is 59.6 Å². The molecule has 2 fully saturated rings. The Labute approximate surface area is 240 Å². The molecule has 8 heteroatoms. The highest BCUT2D eigenvalue weighted by Gasteiger charge is 2.31. The van der Waals surface area contributed by atoms with Crippen molar-refractivity contribution in [3.63, 3.8) is 0 Å². The Hall–Kier alpha value is -3.49. The third kappa shape index (κ3) is 4.43. The minimum absolute atomic E-state index is 0.0568. The first-order valence-electron chi connectivity index (χ1n) is 14.4. The van der Waals surface area contributed by atoms with Crippen LogP contribution in [-0.4, -0.2) is 71.2 Å². The second kappa shape index (κ2) is 10.2. The maximum absolute atomic E-state index is 5.21. The molecule has 0 radical (unpaired) electrons. The summed E-state index contributed by atoms with van der Waals surface area (Å²) in [4.78, 5) is 14.2. The van der Waals surface area contributed by atoms with Gasteiger partial charge in [0.1, 0.15) is 16.9 Å². The summed E-state index contributed by atoms with van der Waals surface area (Å²) >= 11 is 1.81. The van der Waals surface area contributed by atoms with Crippen molar-refractivity contribution in [2.75, 3.05) is 55.6 Å². The number of para-hydroxylation sites is 1. The number of hydrogen-bond donors (Lipinski definition) is 0. The highest BCUT2D eigenvalue weighted by atomic mass is 32.1. The Bertz CT molecular complexity index is 1540. The summed E-state index contributed by atoms with van der Waals surface area (Å²) in [6, 6.07) is 19.8. The van der Waals surface area contributed by atoms with Crippen LogP contribution in [0.3, 0.4) is 0 Å². The first-order valence-corrected chi connectivity index (χ1v) is 15.3. The molecule has 2 aromatic carbocycles. The van der Waals surface area contributed by atoms with E-state index in [1.165, 1.54) is 57.6 Å². The summed E-state index contributed by atoms with van der Waals surface area (Å²) in [5.74, 6) is 2.61. The molecule has 1 atom stereocenters. The van der Waals surface area contributed by atoms with E-state index in [0.717, 1.165) is 49.5 Å². The van der Waals surface area contributed by atoms with Gasteiger partial charge < -0.3 is 9.80 Å². The van der Waals surface area contributed by atoms with Gasteiger partial charge in [0.05, 0.1) is 5.71 Å². The number of rotatable bonds is 5. The van der Waals surface area contributed by atoms with Gasteiger partial charge in [-0.2, -0.15) is 0 Å². The van der Waals surface area contributed by atoms with Crippen LogP contribution in [-0.2, 0) is 0 Å². The van der Waals surface area contributed by atoms with E-state index >= 15 is 0 Å². The Morgan fingerprint density at radius 1 is 0.825 bits per heavy atom. The number of anilines is 2. The van der Waals surface area contributed by atoms with Gasteiger partial charge in [-0.25, -0.2) is 0 Å². The molecule has 0 amide bonds. The van der Waals surface area contributed by atoms with Crippen molar-refractivity contribution in [3.05, 3.63) is 87.8 Å². The quantitative estimate of drug-likeness (QED) is 0.331. The minimum Gasteiger partial charge on any atom is -0.371 e. The van der Waals surface area contributed by atoms with Gasteiger partial charge in [-0.15, -0.1) is 21.5 Å². The molecule has 0 N–H and O–H groups in total. The molecular formula is C32H37N7S. The highest BCUT2D eigenvalue weighted by molar-refractivity contribution is 7.15. The Morgan fingerprint density at radius 2 is 1.52 bits per heavy atom. The SMILES string of the molecule is Cc1sc2c(c1C)C(c1ccc(N3CCN(CC4CN(c5ccccc5)C4)CC3)cc1)=N[C@@H](C)c1nnc(C)n1-2. The van der Waals surface area contributed by atoms with Crippen molar-refractivity contribution >= 4 is 28.4 Å². The lowest BCUT2D eigenvalue weighted by Gasteiger charge is -2.45. The second-order valence-corrected chi connectivity index (χ2v) is 12.7. The van der Waals surface area contributed by atoms with Crippen LogP contribution < -0.4 is 9.80 Å². The predicted molar refractivity (Wildman–Crippen MR) is 165 cm³/mol. The van der Waals surface area contributed by atoms with Crippen molar-refractivity contribution in [1.82, 2.24) is 19.7 Å². The lowest BCUT2D eigenvalue weighted by atomic mass is 9.98. The molecule has 206 valence electrons. The molecule has 0 unspecified atom stereocenters. The first-order chi connectivity index (χ1) is 19.5. The number of fused-ring (bicyclic) bond motifs is 3. The highest BCUT2D eigenvalue weighted by Crippen LogP contribution is 2.38. The van der Waals surface area contributed by atoms with Crippen molar-refractivity contribution in [2.45, 2.75) is 33.7 Å². The standard InChI is InChI=1S/C32H37N7S/c1-21-23(3)40-32-29(21)30(33-22(2)31-35-34-24(4)39(31)32)26-10-12-28(13-11-26)37-16-14-36(15-17-37)18-25-19-38(20-25)27-8-6-5-7-9-27/h5-13,22,25H,14-20H2,1-4H3/t22-/m0/s1. The topological polar surface area (TPSA) is 52.8 Å². The first kappa shape index (κ1) is 25.5. The summed E-state index contributed by atoms with van der Waals surface area (Å²) in [6.07, 6.45) is 0. The van der Waals surface area contributed by atoms with Crippen molar-refractivity contribution in [1.29, 1.82) is 0 Å². The molecule has 4 aromatic rings. The van der Waals surface area contributed by atoms with Crippen molar-refractivity contribution in [3.8, 4) is 5.00 Å². The summed E-state index contributed by atoms with van der Waals surface area (Å²) in [5, 5.41) is 10.1. The van der Waals surface area contributed by atoms with E-state index in [1.54, 1.807) is 0 Å². The van der Waals surface area contributed by atoms with E-state index in [-0.39, 0.29) is 6.04 Å². The van der Waals surface area contributed by atoms with Gasteiger partial charge in [-0.05, 0) is 57.5 Å². The van der Waals surface area contributed by atoms with Crippen LogP contribution in [0.25, 0.3) is 5.00 Å². The molecule has 0 bridgehead atoms. The molecule has 0 aliphatic carbocycles. The number of aryl methyl sites for hydroxylation is 2. The van der Waals surface area contributed by atoms with Gasteiger partial charge in [-0.3, -0.25) is 14.5 Å². The molecule has 3 aliphatic rings. The number of piperazine rings is 1. The fourth-order valence-corrected chi connectivity index (χ4v) is 7.61. The zero-order valence-corrected chi connectivity index (χ0v) is 24.7. The molecule has 40 heavy (non-hydrogen) atoms. The molecule has 7 nitrogen and oxygen atoms in total. The summed E-state index contributed by atoms with van der Waals surface area (Å²) in [5.41, 5.74) is 7.41. The normalized spacial score (nSPS) is 19.6. The van der Waals surface area contributed by atoms with E-state index in [1.807, 2.05) is 18.3 Å². The molecule has 2 aromatic heterocycles. The van der Waals surface area contributed by atoms with Crippen LogP contribution in [0.1, 0.15) is 46.2 Å². The number of hydrogen-bond acceptors (Lipinski definition) is 7. The molecule has 2 saturated heterocycles. The molecule has 5 heterocycles. The maximum Gasteiger partial charge on any atom is 0.162 e. The van der Waals surface area contributed by atoms with Gasteiger partial charge >= 0.3 is 0 Å². The lowest BCUT2D eigenvalue weighted by molar-refractivity contribution is 0.200. The zero-order valence-electron chi connectivity index (χ0n) is 23.8. The monoisotopic (exact) mass is 551 g/mol. The van der Waals surface area contributed by atoms with Crippen LogP contribution in [0, 0.1) is 26.7 Å². The van der Waals surface area contributed by atoms with Gasteiger partial charge in [0, 0.05) is 79.1 Å². The Kier molecular flexibility index (Phi) is 6.47. The van der Waals surface area contributed by atoms with E-state index < -0.39 is 0 Å². The number of aliphatic imine (C=N–C) groups is 1. The number of thiophene rings is 1. The minimum atomic E-state index is -0.0568. The average molecular weight is 552 g/mol. The van der Waals surface area contributed by atoms with Gasteiger partial charge in [0.25, 0.3) is 0 Å². The smallest absolute Gasteiger partial charge is 0.162 e. The molecule has 7 rings (SSSR count). The fourth-order valence-electron chi connectivity index (χ4n) is 6.40.